The number of nitrogens with zero attached hydrogens (tertiary/aromatic N) is 2. The highest BCUT2D eigenvalue weighted by atomic mass is 32.2. The minimum Gasteiger partial charge on any atom is -0.478 e. The van der Waals surface area contributed by atoms with Crippen LogP contribution in [0.3, 0.4) is 0 Å². The second-order valence-electron chi connectivity index (χ2n) is 9.65. The number of amides is 1. The average Bonchev–Trinajstić information content (AvgIpc) is 2.78. The van der Waals surface area contributed by atoms with E-state index in [9.17, 15) is 13.2 Å². The zero-order valence-electron chi connectivity index (χ0n) is 18.8. The maximum absolute atomic E-state index is 13.2. The Kier molecular flexibility index (Phi) is 5.93. The van der Waals surface area contributed by atoms with Gasteiger partial charge in [0.15, 0.2) is 5.11 Å². The first-order chi connectivity index (χ1) is 16.3. The van der Waals surface area contributed by atoms with Crippen LogP contribution in [-0.2, 0) is 14.8 Å². The average molecular weight is 502 g/mol. The Balaban J connectivity index is 1.21. The third-order valence-corrected chi connectivity index (χ3v) is 8.82. The Labute approximate surface area is 204 Å². The van der Waals surface area contributed by atoms with Crippen molar-refractivity contribution in [1.82, 2.24) is 15.3 Å². The molecule has 1 amide bonds. The van der Waals surface area contributed by atoms with E-state index in [2.05, 4.69) is 25.3 Å². The normalized spacial score (nSPS) is 27.1. The van der Waals surface area contributed by atoms with E-state index in [1.807, 2.05) is 0 Å². The molecular formula is C23H27N5O4S2. The van der Waals surface area contributed by atoms with Gasteiger partial charge in [0.05, 0.1) is 17.4 Å². The van der Waals surface area contributed by atoms with Crippen molar-refractivity contribution in [1.29, 1.82) is 0 Å². The van der Waals surface area contributed by atoms with E-state index in [4.69, 9.17) is 17.0 Å². The highest BCUT2D eigenvalue weighted by Gasteiger charge is 2.54. The molecule has 1 aromatic carbocycles. The molecule has 0 spiro atoms. The molecule has 3 N–H and O–H groups in total. The van der Waals surface area contributed by atoms with Crippen molar-refractivity contribution in [3.8, 4) is 5.88 Å². The van der Waals surface area contributed by atoms with Crippen LogP contribution in [0.15, 0.2) is 41.6 Å². The van der Waals surface area contributed by atoms with Gasteiger partial charge in [0.25, 0.3) is 15.9 Å². The minimum absolute atomic E-state index is 0.000711. The number of rotatable bonds is 6. The smallest absolute Gasteiger partial charge is 0.263 e. The Morgan fingerprint density at radius 1 is 1.03 bits per heavy atom. The molecule has 4 aliphatic rings. The van der Waals surface area contributed by atoms with Gasteiger partial charge in [0.2, 0.25) is 11.7 Å². The van der Waals surface area contributed by atoms with E-state index in [0.29, 0.717) is 23.4 Å². The molecule has 4 saturated carbocycles. The summed E-state index contributed by atoms with van der Waals surface area (Å²) in [5.74, 6) is 2.10. The zero-order valence-corrected chi connectivity index (χ0v) is 20.4. The fourth-order valence-electron chi connectivity index (χ4n) is 6.24. The van der Waals surface area contributed by atoms with Crippen LogP contribution in [0.5, 0.6) is 5.88 Å². The molecule has 11 heteroatoms. The van der Waals surface area contributed by atoms with E-state index in [0.717, 1.165) is 19.3 Å². The number of aromatic nitrogens is 2. The van der Waals surface area contributed by atoms with Crippen LogP contribution in [0.4, 0.5) is 11.5 Å². The highest BCUT2D eigenvalue weighted by Crippen LogP contribution is 2.60. The summed E-state index contributed by atoms with van der Waals surface area (Å²) in [5, 5.41) is 6.11. The van der Waals surface area contributed by atoms with Crippen molar-refractivity contribution in [2.75, 3.05) is 17.1 Å². The second-order valence-corrected chi connectivity index (χ2v) is 11.7. The van der Waals surface area contributed by atoms with Gasteiger partial charge in [-0.15, -0.1) is 0 Å². The highest BCUT2D eigenvalue weighted by molar-refractivity contribution is 7.92. The largest absolute Gasteiger partial charge is 0.478 e. The maximum Gasteiger partial charge on any atom is 0.263 e. The van der Waals surface area contributed by atoms with Crippen molar-refractivity contribution in [3.05, 3.63) is 36.7 Å². The molecule has 4 bridgehead atoms. The van der Waals surface area contributed by atoms with Crippen molar-refractivity contribution in [3.63, 3.8) is 0 Å². The molecule has 0 unspecified atom stereocenters. The van der Waals surface area contributed by atoms with Gasteiger partial charge in [-0.3, -0.25) is 9.52 Å². The van der Waals surface area contributed by atoms with E-state index in [-0.39, 0.29) is 33.0 Å². The quantitative estimate of drug-likeness (QED) is 0.516. The fraction of sp³-hybridized carbons (Fsp3) is 0.478. The number of sulfonamides is 1. The van der Waals surface area contributed by atoms with E-state index in [1.165, 1.54) is 50.9 Å². The molecule has 34 heavy (non-hydrogen) atoms. The van der Waals surface area contributed by atoms with E-state index >= 15 is 0 Å². The first kappa shape index (κ1) is 23.0. The summed E-state index contributed by atoms with van der Waals surface area (Å²) >= 11 is 5.39. The molecular weight excluding hydrogens is 474 g/mol. The van der Waals surface area contributed by atoms with Gasteiger partial charge < -0.3 is 15.4 Å². The summed E-state index contributed by atoms with van der Waals surface area (Å²) in [6.45, 7) is 0. The lowest BCUT2D eigenvalue weighted by molar-refractivity contribution is -0.144. The van der Waals surface area contributed by atoms with Crippen LogP contribution >= 0.6 is 12.2 Å². The Morgan fingerprint density at radius 2 is 1.62 bits per heavy atom. The van der Waals surface area contributed by atoms with Crippen LogP contribution in [0.25, 0.3) is 0 Å². The topological polar surface area (TPSA) is 122 Å². The third-order valence-electron chi connectivity index (χ3n) is 7.26. The van der Waals surface area contributed by atoms with Gasteiger partial charge in [0, 0.05) is 18.1 Å². The molecule has 9 nitrogen and oxygen atoms in total. The lowest BCUT2D eigenvalue weighted by Gasteiger charge is -2.55. The van der Waals surface area contributed by atoms with Gasteiger partial charge >= 0.3 is 0 Å². The van der Waals surface area contributed by atoms with Crippen LogP contribution in [0.2, 0.25) is 0 Å². The summed E-state index contributed by atoms with van der Waals surface area (Å²) in [6.07, 6.45) is 9.46. The lowest BCUT2D eigenvalue weighted by atomic mass is 9.49. The minimum atomic E-state index is -3.90. The first-order valence-corrected chi connectivity index (χ1v) is 13.3. The molecule has 0 radical (unpaired) electrons. The number of hydrogen-bond acceptors (Lipinski definition) is 7. The molecule has 180 valence electrons. The maximum atomic E-state index is 13.2. The van der Waals surface area contributed by atoms with Gasteiger partial charge in [-0.25, -0.2) is 18.4 Å². The van der Waals surface area contributed by atoms with E-state index in [1.54, 1.807) is 12.1 Å². The predicted octanol–water partition coefficient (Wildman–Crippen LogP) is 3.32. The summed E-state index contributed by atoms with van der Waals surface area (Å²) in [7, 11) is -2.52. The Morgan fingerprint density at radius 3 is 2.21 bits per heavy atom. The SMILES string of the molecule is COc1nccnc1NS(=O)(=O)c1ccc(NC(=S)NC(=O)C23CC4CC(CC(C4)C2)C3)cc1. The van der Waals surface area contributed by atoms with Crippen LogP contribution < -0.4 is 20.1 Å². The summed E-state index contributed by atoms with van der Waals surface area (Å²) < 4.78 is 32.8. The van der Waals surface area contributed by atoms with Gasteiger partial charge in [-0.1, -0.05) is 0 Å². The number of anilines is 2. The molecule has 0 atom stereocenters. The number of hydrogen-bond donors (Lipinski definition) is 3. The monoisotopic (exact) mass is 501 g/mol. The Bertz CT molecular complexity index is 1180. The molecule has 6 rings (SSSR count). The van der Waals surface area contributed by atoms with Gasteiger partial charge in [-0.2, -0.15) is 0 Å². The number of thiocarbonyl (C=S) groups is 1. The standard InChI is InChI=1S/C23H27N5O4S2/c1-32-20-19(24-6-7-25-20)28-34(30,31)18-4-2-17(3-5-18)26-22(33)27-21(29)23-11-14-8-15(12-23)10-16(9-14)13-23/h2-7,14-16H,8-13H2,1H3,(H,24,28)(H2,26,27,29,33). The summed E-state index contributed by atoms with van der Waals surface area (Å²) in [5.41, 5.74) is 0.290. The van der Waals surface area contributed by atoms with Gasteiger partial charge in [0.1, 0.15) is 0 Å². The number of methoxy groups -OCH3 is 1. The number of carbonyl (C=O) groups is 1. The lowest BCUT2D eigenvalue weighted by Crippen LogP contribution is -2.55. The Hall–Kier alpha value is -2.79. The number of nitrogens with one attached hydrogen (secondary N) is 3. The molecule has 1 heterocycles. The van der Waals surface area contributed by atoms with Crippen molar-refractivity contribution in [2.45, 2.75) is 43.4 Å². The van der Waals surface area contributed by atoms with E-state index < -0.39 is 10.0 Å². The van der Waals surface area contributed by atoms with Crippen LogP contribution in [0.1, 0.15) is 38.5 Å². The number of ether oxygens (including phenoxy) is 1. The predicted molar refractivity (Wildman–Crippen MR) is 131 cm³/mol. The molecule has 1 aromatic heterocycles. The van der Waals surface area contributed by atoms with Crippen molar-refractivity contribution in [2.24, 2.45) is 23.2 Å². The van der Waals surface area contributed by atoms with Crippen molar-refractivity contribution < 1.29 is 17.9 Å². The third kappa shape index (κ3) is 4.46. The van der Waals surface area contributed by atoms with Crippen molar-refractivity contribution >= 4 is 44.8 Å². The molecule has 0 aliphatic heterocycles. The molecule has 2 aromatic rings. The summed E-state index contributed by atoms with van der Waals surface area (Å²) in [4.78, 5) is 21.1. The fourth-order valence-corrected chi connectivity index (χ4v) is 7.45. The first-order valence-electron chi connectivity index (χ1n) is 11.4. The van der Waals surface area contributed by atoms with Crippen LogP contribution in [0, 0.1) is 23.2 Å². The molecule has 4 aliphatic carbocycles. The van der Waals surface area contributed by atoms with Gasteiger partial charge in [-0.05, 0) is 92.8 Å². The molecule has 4 fully saturated rings. The summed E-state index contributed by atoms with van der Waals surface area (Å²) in [6, 6.07) is 6.06. The number of benzene rings is 1. The molecule has 0 saturated heterocycles. The zero-order chi connectivity index (χ0) is 23.9. The second kappa shape index (κ2) is 8.77. The number of carbonyl (C=O) groups excluding carboxylic acids is 1. The van der Waals surface area contributed by atoms with Crippen LogP contribution in [-0.4, -0.2) is 36.5 Å².